The normalized spacial score (nSPS) is 12.5. The molecule has 10 heteroatoms. The maximum absolute atomic E-state index is 13.3. The number of hydrogen-bond donors (Lipinski definition) is 1. The molecule has 0 aliphatic carbocycles. The molecule has 228 valence electrons. The average Bonchev–Trinajstić information content (AvgIpc) is 2.79. The maximum Gasteiger partial charge on any atom is 0.414 e. The lowest BCUT2D eigenvalue weighted by atomic mass is 10.2. The molecule has 0 bridgehead atoms. The molecule has 0 fully saturated rings. The second-order valence-corrected chi connectivity index (χ2v) is 18.4. The van der Waals surface area contributed by atoms with E-state index in [0.717, 1.165) is 0 Å². The van der Waals surface area contributed by atoms with Crippen LogP contribution in [-0.2, 0) is 13.9 Å². The lowest BCUT2D eigenvalue weighted by Crippen LogP contribution is -2.44. The van der Waals surface area contributed by atoms with Gasteiger partial charge in [-0.1, -0.05) is 26.8 Å². The Morgan fingerprint density at radius 3 is 1.95 bits per heavy atom. The van der Waals surface area contributed by atoms with Gasteiger partial charge in [-0.15, -0.1) is 0 Å². The Balaban J connectivity index is 2.32. The van der Waals surface area contributed by atoms with Crippen LogP contribution in [0.25, 0.3) is 0 Å². The molecule has 0 spiro atoms. The van der Waals surface area contributed by atoms with Crippen LogP contribution in [0, 0.1) is 0 Å². The highest BCUT2D eigenvalue weighted by atomic mass is 28.4. The lowest BCUT2D eigenvalue weighted by molar-refractivity contribution is 0.0569. The molecule has 2 amide bonds. The third kappa shape index (κ3) is 10.3. The van der Waals surface area contributed by atoms with Crippen LogP contribution in [0.5, 0.6) is 11.5 Å². The van der Waals surface area contributed by atoms with Crippen molar-refractivity contribution >= 4 is 37.6 Å². The van der Waals surface area contributed by atoms with Crippen molar-refractivity contribution in [3.63, 3.8) is 0 Å². The van der Waals surface area contributed by atoms with E-state index in [1.165, 1.54) is 4.90 Å². The fraction of sp³-hybridized carbons (Fsp3) is 0.548. The number of carbonyl (C=O) groups excluding carboxylic acids is 2. The molecule has 2 rings (SSSR count). The van der Waals surface area contributed by atoms with Gasteiger partial charge in [0.05, 0.1) is 30.2 Å². The molecule has 41 heavy (non-hydrogen) atoms. The number of hydrogen-bond acceptors (Lipinski definition) is 7. The lowest BCUT2D eigenvalue weighted by Gasteiger charge is -2.37. The molecule has 0 aromatic heterocycles. The third-order valence-corrected chi connectivity index (χ3v) is 11.1. The van der Waals surface area contributed by atoms with Crippen molar-refractivity contribution in [1.82, 2.24) is 0 Å². The number of ether oxygens (including phenoxy) is 3. The Bertz CT molecular complexity index is 1210. The smallest absolute Gasteiger partial charge is 0.414 e. The predicted molar refractivity (Wildman–Crippen MR) is 169 cm³/mol. The van der Waals surface area contributed by atoms with Crippen LogP contribution in [0.4, 0.5) is 26.7 Å². The van der Waals surface area contributed by atoms with E-state index in [1.54, 1.807) is 63.1 Å². The van der Waals surface area contributed by atoms with Crippen molar-refractivity contribution in [2.75, 3.05) is 35.7 Å². The number of rotatable bonds is 8. The van der Waals surface area contributed by atoms with Crippen LogP contribution < -0.4 is 20.3 Å². The van der Waals surface area contributed by atoms with E-state index in [1.807, 2.05) is 32.9 Å². The number of carbonyl (C=O) groups is 2. The first-order chi connectivity index (χ1) is 18.6. The fourth-order valence-electron chi connectivity index (χ4n) is 3.41. The number of amides is 2. The molecule has 0 unspecified atom stereocenters. The van der Waals surface area contributed by atoms with E-state index in [2.05, 4.69) is 33.9 Å². The molecule has 0 heterocycles. The quantitative estimate of drug-likeness (QED) is 0.245. The van der Waals surface area contributed by atoms with Crippen molar-refractivity contribution < 1.29 is 28.2 Å². The molecule has 2 aromatic carbocycles. The van der Waals surface area contributed by atoms with Crippen molar-refractivity contribution in [2.45, 2.75) is 91.6 Å². The Morgan fingerprint density at radius 2 is 1.39 bits per heavy atom. The fourth-order valence-corrected chi connectivity index (χ4v) is 4.44. The standard InChI is InChI=1S/C31H49N3O6Si/c1-29(2,3)39-27(35)33(10)26-21-24(16-17-25(26)32)38-23-15-13-14-22(20-23)34(28(36)40-30(4,5)6)18-19-37-41(11,12)31(7,8)9/h13-17,20-21H,18-19,32H2,1-12H3. The van der Waals surface area contributed by atoms with Crippen LogP contribution in [0.3, 0.4) is 0 Å². The van der Waals surface area contributed by atoms with E-state index in [0.29, 0.717) is 41.7 Å². The Kier molecular flexibility index (Phi) is 10.5. The molecule has 0 aliphatic rings. The van der Waals surface area contributed by atoms with E-state index in [-0.39, 0.29) is 5.04 Å². The maximum atomic E-state index is 13.3. The minimum atomic E-state index is -2.01. The summed E-state index contributed by atoms with van der Waals surface area (Å²) in [5, 5.41) is 0.0486. The van der Waals surface area contributed by atoms with Gasteiger partial charge in [0.15, 0.2) is 8.32 Å². The summed E-state index contributed by atoms with van der Waals surface area (Å²) in [5.41, 5.74) is 6.31. The topological polar surface area (TPSA) is 104 Å². The van der Waals surface area contributed by atoms with Gasteiger partial charge in [0.2, 0.25) is 0 Å². The van der Waals surface area contributed by atoms with Gasteiger partial charge in [-0.3, -0.25) is 9.80 Å². The van der Waals surface area contributed by atoms with Gasteiger partial charge in [0, 0.05) is 19.2 Å². The monoisotopic (exact) mass is 587 g/mol. The Morgan fingerprint density at radius 1 is 0.829 bits per heavy atom. The molecule has 0 aliphatic heterocycles. The van der Waals surface area contributed by atoms with E-state index < -0.39 is 31.7 Å². The van der Waals surface area contributed by atoms with Crippen molar-refractivity contribution in [3.05, 3.63) is 42.5 Å². The molecule has 9 nitrogen and oxygen atoms in total. The number of benzene rings is 2. The molecule has 2 aromatic rings. The molecule has 0 radical (unpaired) electrons. The number of anilines is 3. The van der Waals surface area contributed by atoms with Crippen LogP contribution >= 0.6 is 0 Å². The minimum absolute atomic E-state index is 0.0486. The Labute approximate surface area is 247 Å². The number of nitrogens with two attached hydrogens (primary N) is 1. The summed E-state index contributed by atoms with van der Waals surface area (Å²) in [4.78, 5) is 28.8. The summed E-state index contributed by atoms with van der Waals surface area (Å²) in [6.45, 7) is 22.5. The van der Waals surface area contributed by atoms with Gasteiger partial charge >= 0.3 is 12.2 Å². The number of nitrogen functional groups attached to an aromatic ring is 1. The molecular formula is C31H49N3O6Si. The van der Waals surface area contributed by atoms with Crippen LogP contribution in [0.2, 0.25) is 18.1 Å². The van der Waals surface area contributed by atoms with E-state index in [9.17, 15) is 9.59 Å². The van der Waals surface area contributed by atoms with Crippen molar-refractivity contribution in [1.29, 1.82) is 0 Å². The summed E-state index contributed by atoms with van der Waals surface area (Å²) in [7, 11) is -0.416. The summed E-state index contributed by atoms with van der Waals surface area (Å²) >= 11 is 0. The minimum Gasteiger partial charge on any atom is -0.457 e. The molecular weight excluding hydrogens is 538 g/mol. The first-order valence-electron chi connectivity index (χ1n) is 13.9. The predicted octanol–water partition coefficient (Wildman–Crippen LogP) is 8.20. The first kappa shape index (κ1) is 34.0. The zero-order valence-electron chi connectivity index (χ0n) is 26.9. The van der Waals surface area contributed by atoms with E-state index >= 15 is 0 Å². The first-order valence-corrected chi connectivity index (χ1v) is 16.8. The van der Waals surface area contributed by atoms with Crippen LogP contribution in [0.1, 0.15) is 62.3 Å². The number of nitrogens with zero attached hydrogens (tertiary/aromatic N) is 2. The zero-order valence-corrected chi connectivity index (χ0v) is 27.9. The van der Waals surface area contributed by atoms with Gasteiger partial charge in [0.1, 0.15) is 22.7 Å². The second-order valence-electron chi connectivity index (χ2n) is 13.6. The van der Waals surface area contributed by atoms with Crippen LogP contribution in [-0.4, -0.2) is 51.9 Å². The Hall–Kier alpha value is -3.24. The van der Waals surface area contributed by atoms with Crippen LogP contribution in [0.15, 0.2) is 42.5 Å². The average molecular weight is 588 g/mol. The van der Waals surface area contributed by atoms with Gasteiger partial charge in [-0.2, -0.15) is 0 Å². The van der Waals surface area contributed by atoms with Gasteiger partial charge in [-0.25, -0.2) is 9.59 Å². The second kappa shape index (κ2) is 12.7. The van der Waals surface area contributed by atoms with Crippen molar-refractivity contribution in [2.24, 2.45) is 0 Å². The van der Waals surface area contributed by atoms with Crippen molar-refractivity contribution in [3.8, 4) is 11.5 Å². The van der Waals surface area contributed by atoms with E-state index in [4.69, 9.17) is 24.4 Å². The van der Waals surface area contributed by atoms with Gasteiger partial charge < -0.3 is 24.4 Å². The summed E-state index contributed by atoms with van der Waals surface area (Å²) in [6, 6.07) is 12.2. The van der Waals surface area contributed by atoms with Gasteiger partial charge in [-0.05, 0) is 83.9 Å². The zero-order chi connectivity index (χ0) is 31.4. The molecule has 2 N–H and O–H groups in total. The largest absolute Gasteiger partial charge is 0.457 e. The molecule has 0 atom stereocenters. The summed E-state index contributed by atoms with van der Waals surface area (Å²) < 4.78 is 23.7. The third-order valence-electron chi connectivity index (χ3n) is 6.59. The molecule has 0 saturated carbocycles. The highest BCUT2D eigenvalue weighted by Gasteiger charge is 2.37. The SMILES string of the molecule is CN(C(=O)OC(C)(C)C)c1cc(Oc2cccc(N(CCO[Si](C)(C)C(C)(C)C)C(=O)OC(C)(C)C)c2)ccc1N. The highest BCUT2D eigenvalue weighted by Crippen LogP contribution is 2.37. The summed E-state index contributed by atoms with van der Waals surface area (Å²) in [6.07, 6.45) is -1.00. The summed E-state index contributed by atoms with van der Waals surface area (Å²) in [5.74, 6) is 0.962. The highest BCUT2D eigenvalue weighted by molar-refractivity contribution is 6.74. The van der Waals surface area contributed by atoms with Gasteiger partial charge in [0.25, 0.3) is 0 Å². The molecule has 0 saturated heterocycles.